The fourth-order valence-electron chi connectivity index (χ4n) is 5.75. The maximum Gasteiger partial charge on any atom is 0.271 e. The van der Waals surface area contributed by atoms with Crippen LogP contribution in [-0.4, -0.2) is 16.7 Å². The average molecular weight is 504 g/mol. The molecule has 3 aromatic carbocycles. The van der Waals surface area contributed by atoms with Crippen LogP contribution in [0.4, 0.5) is 0 Å². The molecule has 6 heteroatoms. The molecule has 0 bridgehead atoms. The summed E-state index contributed by atoms with van der Waals surface area (Å²) in [7, 11) is 1.68. The summed E-state index contributed by atoms with van der Waals surface area (Å²) in [4.78, 5) is 23.4. The minimum Gasteiger partial charge on any atom is -0.497 e. The first-order chi connectivity index (χ1) is 18.1. The molecule has 5 aromatic rings. The number of H-pyrrole nitrogens is 1. The average Bonchev–Trinajstić information content (AvgIpc) is 3.42. The Hall–Kier alpha value is -4.16. The number of ether oxygens (including phenoxy) is 1. The number of aromatic nitrogens is 2. The highest BCUT2D eigenvalue weighted by Crippen LogP contribution is 2.41. The number of nitrogens with one attached hydrogen (secondary N) is 1. The highest BCUT2D eigenvalue weighted by Gasteiger charge is 2.32. The molecule has 7 rings (SSSR count). The van der Waals surface area contributed by atoms with Crippen LogP contribution in [-0.2, 0) is 6.42 Å². The van der Waals surface area contributed by atoms with Crippen LogP contribution >= 0.6 is 11.3 Å². The highest BCUT2D eigenvalue weighted by atomic mass is 32.1. The molecule has 1 atom stereocenters. The lowest BCUT2D eigenvalue weighted by molar-refractivity contribution is 0.413. The Morgan fingerprint density at radius 2 is 1.89 bits per heavy atom. The Labute approximate surface area is 217 Å². The van der Waals surface area contributed by atoms with Gasteiger partial charge in [-0.25, -0.2) is 4.99 Å². The molecule has 5 nitrogen and oxygen atoms in total. The number of allylic oxidation sites excluding steroid dienone is 1. The van der Waals surface area contributed by atoms with Crippen molar-refractivity contribution in [3.63, 3.8) is 0 Å². The normalized spacial score (nSPS) is 16.8. The van der Waals surface area contributed by atoms with Crippen LogP contribution in [0.1, 0.15) is 40.4 Å². The number of benzene rings is 3. The predicted molar refractivity (Wildman–Crippen MR) is 149 cm³/mol. The maximum atomic E-state index is 14.1. The SMILES string of the molecule is COc1cccc(C2C3=C(N=c4s/c(=C\c5c(C)[nH]c6ccccc56)c(=O)n42)c2ccccc2CC3)c1. The molecule has 0 spiro atoms. The lowest BCUT2D eigenvalue weighted by atomic mass is 9.83. The van der Waals surface area contributed by atoms with Gasteiger partial charge >= 0.3 is 0 Å². The molecule has 37 heavy (non-hydrogen) atoms. The van der Waals surface area contributed by atoms with Crippen molar-refractivity contribution in [2.24, 2.45) is 4.99 Å². The first-order valence-electron chi connectivity index (χ1n) is 12.5. The summed E-state index contributed by atoms with van der Waals surface area (Å²) in [5.41, 5.74) is 8.87. The van der Waals surface area contributed by atoms with Crippen molar-refractivity contribution in [3.05, 3.63) is 126 Å². The Morgan fingerprint density at radius 1 is 1.05 bits per heavy atom. The van der Waals surface area contributed by atoms with Gasteiger partial charge in [-0.3, -0.25) is 9.36 Å². The van der Waals surface area contributed by atoms with Crippen LogP contribution in [0.15, 0.2) is 88.2 Å². The fraction of sp³-hybridized carbons (Fsp3) is 0.161. The number of aryl methyl sites for hydroxylation is 2. The van der Waals surface area contributed by atoms with Crippen molar-refractivity contribution >= 4 is 34.0 Å². The summed E-state index contributed by atoms with van der Waals surface area (Å²) in [5.74, 6) is 0.782. The van der Waals surface area contributed by atoms with Crippen LogP contribution < -0.4 is 19.6 Å². The van der Waals surface area contributed by atoms with Gasteiger partial charge in [-0.05, 0) is 60.7 Å². The van der Waals surface area contributed by atoms with Crippen LogP contribution in [0, 0.1) is 6.92 Å². The van der Waals surface area contributed by atoms with Crippen LogP contribution in [0.3, 0.4) is 0 Å². The summed E-state index contributed by atoms with van der Waals surface area (Å²) in [6.45, 7) is 2.05. The third kappa shape index (κ3) is 3.44. The molecular formula is C31H25N3O2S. The smallest absolute Gasteiger partial charge is 0.271 e. The first-order valence-corrected chi connectivity index (χ1v) is 13.3. The monoisotopic (exact) mass is 503 g/mol. The van der Waals surface area contributed by atoms with Crippen molar-refractivity contribution in [1.82, 2.24) is 9.55 Å². The number of hydrogen-bond donors (Lipinski definition) is 1. The lowest BCUT2D eigenvalue weighted by Gasteiger charge is -2.31. The fourth-order valence-corrected chi connectivity index (χ4v) is 6.73. The van der Waals surface area contributed by atoms with E-state index in [2.05, 4.69) is 54.4 Å². The number of para-hydroxylation sites is 1. The summed E-state index contributed by atoms with van der Waals surface area (Å²) in [5, 5.41) is 1.11. The minimum absolute atomic E-state index is 0.00772. The molecule has 1 unspecified atom stereocenters. The maximum absolute atomic E-state index is 14.1. The van der Waals surface area contributed by atoms with E-state index < -0.39 is 0 Å². The van der Waals surface area contributed by atoms with Crippen LogP contribution in [0.2, 0.25) is 0 Å². The van der Waals surface area contributed by atoms with Gasteiger partial charge in [0.25, 0.3) is 5.56 Å². The number of fused-ring (bicyclic) bond motifs is 4. The molecule has 1 aliphatic carbocycles. The summed E-state index contributed by atoms with van der Waals surface area (Å²) >= 11 is 1.47. The second kappa shape index (κ2) is 8.46. The van der Waals surface area contributed by atoms with E-state index in [9.17, 15) is 4.79 Å². The van der Waals surface area contributed by atoms with E-state index >= 15 is 0 Å². The number of nitrogens with zero attached hydrogens (tertiary/aromatic N) is 2. The molecule has 0 fully saturated rings. The van der Waals surface area contributed by atoms with E-state index in [4.69, 9.17) is 9.73 Å². The molecule has 3 heterocycles. The van der Waals surface area contributed by atoms with Gasteiger partial charge in [0.1, 0.15) is 5.75 Å². The Morgan fingerprint density at radius 3 is 2.78 bits per heavy atom. The lowest BCUT2D eigenvalue weighted by Crippen LogP contribution is -2.38. The predicted octanol–water partition coefficient (Wildman–Crippen LogP) is 5.12. The van der Waals surface area contributed by atoms with E-state index in [-0.39, 0.29) is 11.6 Å². The van der Waals surface area contributed by atoms with Crippen molar-refractivity contribution in [3.8, 4) is 5.75 Å². The van der Waals surface area contributed by atoms with Crippen molar-refractivity contribution in [2.75, 3.05) is 7.11 Å². The number of thiazole rings is 1. The van der Waals surface area contributed by atoms with Gasteiger partial charge in [0.05, 0.1) is 23.4 Å². The summed E-state index contributed by atoms with van der Waals surface area (Å²) in [6.07, 6.45) is 3.82. The third-order valence-corrected chi connectivity index (χ3v) is 8.48. The van der Waals surface area contributed by atoms with Gasteiger partial charge in [-0.2, -0.15) is 0 Å². The zero-order valence-electron chi connectivity index (χ0n) is 20.6. The topological polar surface area (TPSA) is 59.4 Å². The van der Waals surface area contributed by atoms with Crippen molar-refractivity contribution in [2.45, 2.75) is 25.8 Å². The summed E-state index contributed by atoms with van der Waals surface area (Å²) in [6, 6.07) is 24.6. The summed E-state index contributed by atoms with van der Waals surface area (Å²) < 4.78 is 8.13. The molecular weight excluding hydrogens is 478 g/mol. The van der Waals surface area contributed by atoms with Crippen LogP contribution in [0.5, 0.6) is 5.75 Å². The highest BCUT2D eigenvalue weighted by molar-refractivity contribution is 7.07. The molecule has 1 N–H and O–H groups in total. The van der Waals surface area contributed by atoms with Crippen molar-refractivity contribution in [1.29, 1.82) is 0 Å². The van der Waals surface area contributed by atoms with Gasteiger partial charge in [-0.1, -0.05) is 65.9 Å². The van der Waals surface area contributed by atoms with Gasteiger partial charge < -0.3 is 9.72 Å². The van der Waals surface area contributed by atoms with Crippen molar-refractivity contribution < 1.29 is 4.74 Å². The third-order valence-electron chi connectivity index (χ3n) is 7.50. The number of hydrogen-bond acceptors (Lipinski definition) is 4. The number of methoxy groups -OCH3 is 1. The Kier molecular flexibility index (Phi) is 5.04. The molecule has 0 saturated heterocycles. The molecule has 1 aliphatic heterocycles. The molecule has 0 amide bonds. The number of aromatic amines is 1. The second-order valence-corrected chi connectivity index (χ2v) is 10.6. The van der Waals surface area contributed by atoms with Gasteiger partial charge in [0, 0.05) is 27.7 Å². The van der Waals surface area contributed by atoms with E-state index in [0.29, 0.717) is 4.53 Å². The quantitative estimate of drug-likeness (QED) is 0.372. The van der Waals surface area contributed by atoms with E-state index in [1.807, 2.05) is 41.0 Å². The molecule has 2 aliphatic rings. The van der Waals surface area contributed by atoms with E-state index in [1.54, 1.807) is 7.11 Å². The van der Waals surface area contributed by atoms with E-state index in [0.717, 1.165) is 56.8 Å². The van der Waals surface area contributed by atoms with Gasteiger partial charge in [0.15, 0.2) is 4.80 Å². The Bertz CT molecular complexity index is 1920. The largest absolute Gasteiger partial charge is 0.497 e. The number of rotatable bonds is 3. The van der Waals surface area contributed by atoms with Gasteiger partial charge in [-0.15, -0.1) is 0 Å². The molecule has 0 saturated carbocycles. The van der Waals surface area contributed by atoms with Crippen LogP contribution in [0.25, 0.3) is 22.7 Å². The Balaban J connectivity index is 1.51. The second-order valence-electron chi connectivity index (χ2n) is 9.60. The molecule has 182 valence electrons. The van der Waals surface area contributed by atoms with E-state index in [1.165, 1.54) is 28.0 Å². The molecule has 0 radical (unpaired) electrons. The zero-order valence-corrected chi connectivity index (χ0v) is 21.4. The standard InChI is InChI=1S/C31H25N3O2S/c1-18-25(23-12-5-6-13-26(23)32-18)17-27-30(35)34-29(20-9-7-10-21(16-20)36-2)24-15-14-19-8-3-4-11-22(19)28(24)33-31(34)37-27/h3-13,16-17,29,32H,14-15H2,1-2H3/b27-17-. The first kappa shape index (κ1) is 22.1. The molecule has 2 aromatic heterocycles. The van der Waals surface area contributed by atoms with Gasteiger partial charge in [0.2, 0.25) is 0 Å². The minimum atomic E-state index is -0.221. The zero-order chi connectivity index (χ0) is 25.1.